The van der Waals surface area contributed by atoms with Gasteiger partial charge in [-0.25, -0.2) is 19.0 Å². The maximum absolute atomic E-state index is 14.3. The maximum atomic E-state index is 14.3. The van der Waals surface area contributed by atoms with Gasteiger partial charge in [0.15, 0.2) is 5.65 Å². The molecule has 0 saturated carbocycles. The lowest BCUT2D eigenvalue weighted by atomic mass is 9.99. The van der Waals surface area contributed by atoms with Crippen molar-refractivity contribution in [3.8, 4) is 22.4 Å². The lowest BCUT2D eigenvalue weighted by Crippen LogP contribution is -2.16. The summed E-state index contributed by atoms with van der Waals surface area (Å²) in [7, 11) is 0. The first kappa shape index (κ1) is 22.9. The van der Waals surface area contributed by atoms with Gasteiger partial charge in [0.05, 0.1) is 16.3 Å². The van der Waals surface area contributed by atoms with E-state index >= 15 is 0 Å². The van der Waals surface area contributed by atoms with Gasteiger partial charge in [0.25, 0.3) is 0 Å². The van der Waals surface area contributed by atoms with Crippen LogP contribution in [0, 0.1) is 5.82 Å². The van der Waals surface area contributed by atoms with E-state index in [1.54, 1.807) is 41.1 Å². The Hall–Kier alpha value is -5.31. The first-order chi connectivity index (χ1) is 19.0. The molecule has 0 bridgehead atoms. The quantitative estimate of drug-likeness (QED) is 0.293. The molecule has 0 fully saturated rings. The van der Waals surface area contributed by atoms with Crippen molar-refractivity contribution in [3.63, 3.8) is 0 Å². The molecule has 3 N–H and O–H groups in total. The zero-order chi connectivity index (χ0) is 26.7. The number of nitrogens with two attached hydrogens (primary N) is 1. The molecular weight excluding hydrogens is 495 g/mol. The summed E-state index contributed by atoms with van der Waals surface area (Å²) in [5.41, 5.74) is 10.1. The molecule has 1 atom stereocenters. The van der Waals surface area contributed by atoms with Crippen LogP contribution in [0.3, 0.4) is 0 Å². The smallest absolute Gasteiger partial charge is 0.200 e. The summed E-state index contributed by atoms with van der Waals surface area (Å²) in [6.07, 6.45) is 3.25. The van der Waals surface area contributed by atoms with Crippen molar-refractivity contribution in [2.45, 2.75) is 13.0 Å². The van der Waals surface area contributed by atoms with Crippen molar-refractivity contribution in [2.75, 3.05) is 5.73 Å². The number of halogens is 1. The van der Waals surface area contributed by atoms with E-state index < -0.39 is 11.9 Å². The number of fused-ring (bicyclic) bond motifs is 3. The highest BCUT2D eigenvalue weighted by molar-refractivity contribution is 6.00. The second-order valence-electron chi connectivity index (χ2n) is 9.38. The van der Waals surface area contributed by atoms with Crippen LogP contribution in [0.4, 0.5) is 10.2 Å². The van der Waals surface area contributed by atoms with Gasteiger partial charge in [0.2, 0.25) is 5.43 Å². The minimum Gasteiger partial charge on any atom is -0.458 e. The Bertz CT molecular complexity index is 2110. The zero-order valence-corrected chi connectivity index (χ0v) is 20.7. The molecule has 0 aliphatic heterocycles. The fraction of sp³-hybridized carbons (Fsp3) is 0.0667. The van der Waals surface area contributed by atoms with Crippen LogP contribution < -0.4 is 11.2 Å². The number of aromatic nitrogens is 5. The molecule has 7 aromatic rings. The Morgan fingerprint density at radius 3 is 2.74 bits per heavy atom. The monoisotopic (exact) mass is 516 g/mol. The van der Waals surface area contributed by atoms with Crippen LogP contribution in [0.5, 0.6) is 0 Å². The van der Waals surface area contributed by atoms with E-state index in [1.165, 1.54) is 18.5 Å². The van der Waals surface area contributed by atoms with E-state index in [1.807, 2.05) is 37.4 Å². The summed E-state index contributed by atoms with van der Waals surface area (Å²) < 4.78 is 22.3. The minimum atomic E-state index is -0.611. The highest BCUT2D eigenvalue weighted by Gasteiger charge is 2.27. The predicted octanol–water partition coefficient (Wildman–Crippen LogP) is 6.08. The molecule has 9 heteroatoms. The first-order valence-corrected chi connectivity index (χ1v) is 12.4. The molecule has 7 rings (SSSR count). The van der Waals surface area contributed by atoms with Crippen molar-refractivity contribution < 1.29 is 8.81 Å². The topological polar surface area (TPSA) is 116 Å². The number of rotatable bonds is 4. The highest BCUT2D eigenvalue weighted by atomic mass is 19.1. The lowest BCUT2D eigenvalue weighted by Gasteiger charge is -2.17. The molecule has 0 radical (unpaired) electrons. The van der Waals surface area contributed by atoms with Crippen molar-refractivity contribution in [1.82, 2.24) is 24.7 Å². The van der Waals surface area contributed by atoms with E-state index in [-0.39, 0.29) is 16.8 Å². The number of nitrogen functional groups attached to an aromatic ring is 1. The summed E-state index contributed by atoms with van der Waals surface area (Å²) in [5, 5.41) is 7.00. The number of hydrogen-bond donors (Lipinski definition) is 2. The number of anilines is 1. The SMILES string of the molecule is CC(c1oc2ccccc2c(=O)c1-c1cccc(F)c1)n1nc(-c2ccc3cc[nH]c3c2)c2c(N)ncnc21. The maximum Gasteiger partial charge on any atom is 0.200 e. The average molecular weight is 517 g/mol. The van der Waals surface area contributed by atoms with Crippen LogP contribution in [0.25, 0.3) is 55.3 Å². The van der Waals surface area contributed by atoms with E-state index in [2.05, 4.69) is 15.0 Å². The van der Waals surface area contributed by atoms with Gasteiger partial charge in [-0.3, -0.25) is 4.79 Å². The summed E-state index contributed by atoms with van der Waals surface area (Å²) >= 11 is 0. The number of nitrogens with zero attached hydrogens (tertiary/aromatic N) is 4. The van der Waals surface area contributed by atoms with Crippen molar-refractivity contribution >= 4 is 38.7 Å². The van der Waals surface area contributed by atoms with E-state index in [0.717, 1.165) is 16.5 Å². The van der Waals surface area contributed by atoms with Gasteiger partial charge in [-0.15, -0.1) is 0 Å². The van der Waals surface area contributed by atoms with Gasteiger partial charge >= 0.3 is 0 Å². The first-order valence-electron chi connectivity index (χ1n) is 12.4. The number of aromatic amines is 1. The highest BCUT2D eigenvalue weighted by Crippen LogP contribution is 2.37. The second kappa shape index (κ2) is 8.63. The van der Waals surface area contributed by atoms with Gasteiger partial charge in [-0.1, -0.05) is 36.4 Å². The van der Waals surface area contributed by atoms with Gasteiger partial charge in [0, 0.05) is 17.3 Å². The lowest BCUT2D eigenvalue weighted by molar-refractivity contribution is 0.446. The minimum absolute atomic E-state index is 0.257. The molecule has 0 spiro atoms. The van der Waals surface area contributed by atoms with Gasteiger partial charge < -0.3 is 15.1 Å². The fourth-order valence-corrected chi connectivity index (χ4v) is 5.14. The Kier molecular flexibility index (Phi) is 5.06. The number of hydrogen-bond acceptors (Lipinski definition) is 6. The van der Waals surface area contributed by atoms with Gasteiger partial charge in [0.1, 0.15) is 41.0 Å². The van der Waals surface area contributed by atoms with Crippen molar-refractivity contribution in [3.05, 3.63) is 107 Å². The fourth-order valence-electron chi connectivity index (χ4n) is 5.14. The van der Waals surface area contributed by atoms with Crippen LogP contribution in [0.2, 0.25) is 0 Å². The van der Waals surface area contributed by atoms with Gasteiger partial charge in [-0.05, 0) is 54.3 Å². The zero-order valence-electron chi connectivity index (χ0n) is 20.7. The van der Waals surface area contributed by atoms with Gasteiger partial charge in [-0.2, -0.15) is 5.10 Å². The summed E-state index contributed by atoms with van der Waals surface area (Å²) in [4.78, 5) is 25.7. The molecule has 0 amide bonds. The molecule has 0 aliphatic rings. The second-order valence-corrected chi connectivity index (χ2v) is 9.38. The normalized spacial score (nSPS) is 12.5. The van der Waals surface area contributed by atoms with Crippen LogP contribution in [0.1, 0.15) is 18.7 Å². The molecule has 4 aromatic heterocycles. The summed E-state index contributed by atoms with van der Waals surface area (Å²) in [6.45, 7) is 1.86. The van der Waals surface area contributed by atoms with Crippen molar-refractivity contribution in [2.24, 2.45) is 0 Å². The third-order valence-corrected chi connectivity index (χ3v) is 7.03. The predicted molar refractivity (Wildman–Crippen MR) is 149 cm³/mol. The number of nitrogens with one attached hydrogen (secondary N) is 1. The number of benzene rings is 3. The third-order valence-electron chi connectivity index (χ3n) is 7.03. The van der Waals surface area contributed by atoms with E-state index in [4.69, 9.17) is 15.2 Å². The Morgan fingerprint density at radius 2 is 1.87 bits per heavy atom. The van der Waals surface area contributed by atoms with Crippen LogP contribution in [0.15, 0.2) is 94.5 Å². The van der Waals surface area contributed by atoms with Crippen molar-refractivity contribution in [1.29, 1.82) is 0 Å². The molecular formula is C30H21FN6O2. The average Bonchev–Trinajstić information content (AvgIpc) is 3.58. The molecule has 0 saturated heterocycles. The molecule has 0 aliphatic carbocycles. The molecule has 8 nitrogen and oxygen atoms in total. The molecule has 3 aromatic carbocycles. The van der Waals surface area contributed by atoms with E-state index in [0.29, 0.717) is 39.0 Å². The standard InChI is InChI=1S/C30H21FN6O2/c1-16(28-24(18-5-4-6-20(31)13-18)27(38)21-7-2-3-8-23(21)39-28)37-30-25(29(32)34-15-35-30)26(36-37)19-10-9-17-11-12-33-22(17)14-19/h2-16,33H,1H3,(H2,32,34,35). The summed E-state index contributed by atoms with van der Waals surface area (Å²) in [5.74, 6) is 0.160. The van der Waals surface area contributed by atoms with Crippen LogP contribution in [-0.2, 0) is 0 Å². The van der Waals surface area contributed by atoms with E-state index in [9.17, 15) is 9.18 Å². The van der Waals surface area contributed by atoms with Crippen LogP contribution in [-0.4, -0.2) is 24.7 Å². The molecule has 1 unspecified atom stereocenters. The number of para-hydroxylation sites is 1. The molecule has 190 valence electrons. The molecule has 4 heterocycles. The summed E-state index contributed by atoms with van der Waals surface area (Å²) in [6, 6.07) is 20.3. The Balaban J connectivity index is 1.50. The third kappa shape index (κ3) is 3.58. The Morgan fingerprint density at radius 1 is 1.00 bits per heavy atom. The Labute approximate surface area is 220 Å². The van der Waals surface area contributed by atoms with Crippen LogP contribution >= 0.6 is 0 Å². The largest absolute Gasteiger partial charge is 0.458 e. The number of H-pyrrole nitrogens is 1. The molecule has 39 heavy (non-hydrogen) atoms.